The Kier molecular flexibility index (Phi) is 5.74. The minimum Gasteiger partial charge on any atom is -0.344 e. The first-order valence-corrected chi connectivity index (χ1v) is 8.12. The van der Waals surface area contributed by atoms with Crippen molar-refractivity contribution in [3.05, 3.63) is 64.7 Å². The standard InChI is InChI=1S/C20H24N2O2/c1-13(2)16-6-5-7-18(11-16)22-20(24)19(23)21-12-17-9-8-14(3)10-15(17)4/h5-11,13H,12H2,1-4H3,(H,21,23)(H,22,24). The lowest BCUT2D eigenvalue weighted by Crippen LogP contribution is -2.35. The molecular weight excluding hydrogens is 300 g/mol. The van der Waals surface area contributed by atoms with Crippen LogP contribution in [0.25, 0.3) is 0 Å². The van der Waals surface area contributed by atoms with E-state index >= 15 is 0 Å². The zero-order chi connectivity index (χ0) is 17.7. The van der Waals surface area contributed by atoms with Gasteiger partial charge in [0.2, 0.25) is 0 Å². The first-order valence-electron chi connectivity index (χ1n) is 8.12. The Morgan fingerprint density at radius 1 is 1.00 bits per heavy atom. The van der Waals surface area contributed by atoms with E-state index in [2.05, 4.69) is 30.5 Å². The van der Waals surface area contributed by atoms with Crippen molar-refractivity contribution >= 4 is 17.5 Å². The molecule has 0 aliphatic carbocycles. The Hall–Kier alpha value is -2.62. The molecule has 2 amide bonds. The number of rotatable bonds is 4. The highest BCUT2D eigenvalue weighted by atomic mass is 16.2. The van der Waals surface area contributed by atoms with Crippen molar-refractivity contribution in [2.24, 2.45) is 0 Å². The van der Waals surface area contributed by atoms with Crippen LogP contribution in [-0.4, -0.2) is 11.8 Å². The molecule has 4 nitrogen and oxygen atoms in total. The molecule has 2 N–H and O–H groups in total. The molecule has 2 aromatic carbocycles. The molecule has 2 aromatic rings. The van der Waals surface area contributed by atoms with Crippen molar-refractivity contribution in [2.75, 3.05) is 5.32 Å². The van der Waals surface area contributed by atoms with Gasteiger partial charge in [0, 0.05) is 12.2 Å². The van der Waals surface area contributed by atoms with Gasteiger partial charge in [0.05, 0.1) is 0 Å². The number of aryl methyl sites for hydroxylation is 2. The third-order valence-corrected chi connectivity index (χ3v) is 3.95. The second-order valence-corrected chi connectivity index (χ2v) is 6.35. The van der Waals surface area contributed by atoms with E-state index in [1.165, 1.54) is 5.56 Å². The maximum Gasteiger partial charge on any atom is 0.313 e. The van der Waals surface area contributed by atoms with Crippen LogP contribution in [0.3, 0.4) is 0 Å². The molecule has 0 bridgehead atoms. The monoisotopic (exact) mass is 324 g/mol. The van der Waals surface area contributed by atoms with Crippen molar-refractivity contribution in [3.8, 4) is 0 Å². The van der Waals surface area contributed by atoms with Gasteiger partial charge in [-0.25, -0.2) is 0 Å². The summed E-state index contributed by atoms with van der Waals surface area (Å²) < 4.78 is 0. The van der Waals surface area contributed by atoms with Crippen LogP contribution in [-0.2, 0) is 16.1 Å². The molecule has 0 heterocycles. The van der Waals surface area contributed by atoms with Crippen molar-refractivity contribution in [1.82, 2.24) is 5.32 Å². The van der Waals surface area contributed by atoms with E-state index < -0.39 is 11.8 Å². The van der Waals surface area contributed by atoms with E-state index in [1.807, 2.05) is 44.2 Å². The van der Waals surface area contributed by atoms with Gasteiger partial charge in [-0.05, 0) is 48.6 Å². The number of hydrogen-bond acceptors (Lipinski definition) is 2. The number of benzene rings is 2. The fourth-order valence-electron chi connectivity index (χ4n) is 2.46. The molecule has 0 unspecified atom stereocenters. The topological polar surface area (TPSA) is 58.2 Å². The Morgan fingerprint density at radius 3 is 2.42 bits per heavy atom. The molecular formula is C20H24N2O2. The molecule has 0 saturated heterocycles. The lowest BCUT2D eigenvalue weighted by molar-refractivity contribution is -0.136. The lowest BCUT2D eigenvalue weighted by Gasteiger charge is -2.11. The van der Waals surface area contributed by atoms with Crippen LogP contribution in [0.1, 0.15) is 42.0 Å². The molecule has 24 heavy (non-hydrogen) atoms. The molecule has 126 valence electrons. The van der Waals surface area contributed by atoms with E-state index in [-0.39, 0.29) is 0 Å². The highest BCUT2D eigenvalue weighted by Gasteiger charge is 2.14. The number of nitrogens with one attached hydrogen (secondary N) is 2. The molecule has 0 saturated carbocycles. The summed E-state index contributed by atoms with van der Waals surface area (Å²) in [4.78, 5) is 24.0. The van der Waals surface area contributed by atoms with E-state index in [4.69, 9.17) is 0 Å². The van der Waals surface area contributed by atoms with Crippen molar-refractivity contribution < 1.29 is 9.59 Å². The van der Waals surface area contributed by atoms with Crippen LogP contribution < -0.4 is 10.6 Å². The third kappa shape index (κ3) is 4.69. The van der Waals surface area contributed by atoms with E-state index in [1.54, 1.807) is 6.07 Å². The number of carbonyl (C=O) groups excluding carboxylic acids is 2. The van der Waals surface area contributed by atoms with E-state index in [0.717, 1.165) is 16.7 Å². The molecule has 4 heteroatoms. The SMILES string of the molecule is Cc1ccc(CNC(=O)C(=O)Nc2cccc(C(C)C)c2)c(C)c1. The van der Waals surface area contributed by atoms with E-state index in [9.17, 15) is 9.59 Å². The lowest BCUT2D eigenvalue weighted by atomic mass is 10.0. The van der Waals surface area contributed by atoms with Gasteiger partial charge >= 0.3 is 11.8 Å². The van der Waals surface area contributed by atoms with Gasteiger partial charge in [0.15, 0.2) is 0 Å². The Balaban J connectivity index is 1.95. The van der Waals surface area contributed by atoms with Crippen LogP contribution in [0.4, 0.5) is 5.69 Å². The van der Waals surface area contributed by atoms with Crippen LogP contribution in [0.5, 0.6) is 0 Å². The molecule has 0 fully saturated rings. The minimum atomic E-state index is -0.652. The third-order valence-electron chi connectivity index (χ3n) is 3.95. The maximum atomic E-state index is 12.0. The number of carbonyl (C=O) groups is 2. The average Bonchev–Trinajstić information content (AvgIpc) is 2.54. The number of amides is 2. The molecule has 0 aliphatic rings. The smallest absolute Gasteiger partial charge is 0.313 e. The van der Waals surface area contributed by atoms with Crippen LogP contribution in [0.2, 0.25) is 0 Å². The molecule has 0 aliphatic heterocycles. The summed E-state index contributed by atoms with van der Waals surface area (Å²) in [6.45, 7) is 8.51. The second kappa shape index (κ2) is 7.77. The van der Waals surface area contributed by atoms with Crippen LogP contribution >= 0.6 is 0 Å². The molecule has 0 atom stereocenters. The summed E-state index contributed by atoms with van der Waals surface area (Å²) in [7, 11) is 0. The minimum absolute atomic E-state index is 0.338. The predicted octanol–water partition coefficient (Wildman–Crippen LogP) is 3.68. The molecule has 0 spiro atoms. The first kappa shape index (κ1) is 17.7. The van der Waals surface area contributed by atoms with Gasteiger partial charge in [-0.2, -0.15) is 0 Å². The fourth-order valence-corrected chi connectivity index (χ4v) is 2.46. The summed E-state index contributed by atoms with van der Waals surface area (Å²) in [5.74, 6) is -0.925. The average molecular weight is 324 g/mol. The number of anilines is 1. The van der Waals surface area contributed by atoms with Crippen molar-refractivity contribution in [3.63, 3.8) is 0 Å². The molecule has 0 aromatic heterocycles. The Labute approximate surface area is 143 Å². The second-order valence-electron chi connectivity index (χ2n) is 6.35. The largest absolute Gasteiger partial charge is 0.344 e. The van der Waals surface area contributed by atoms with E-state index in [0.29, 0.717) is 18.2 Å². The summed E-state index contributed by atoms with van der Waals surface area (Å²) in [6, 6.07) is 13.6. The Morgan fingerprint density at radius 2 is 1.75 bits per heavy atom. The number of hydrogen-bond donors (Lipinski definition) is 2. The van der Waals surface area contributed by atoms with Gasteiger partial charge in [-0.3, -0.25) is 9.59 Å². The maximum absolute atomic E-state index is 12.0. The molecule has 0 radical (unpaired) electrons. The summed E-state index contributed by atoms with van der Waals surface area (Å²) in [5, 5.41) is 5.31. The molecule has 2 rings (SSSR count). The van der Waals surface area contributed by atoms with Gasteiger partial charge in [-0.15, -0.1) is 0 Å². The van der Waals surface area contributed by atoms with Crippen molar-refractivity contribution in [2.45, 2.75) is 40.2 Å². The predicted molar refractivity (Wildman–Crippen MR) is 96.9 cm³/mol. The first-order chi connectivity index (χ1) is 11.4. The van der Waals surface area contributed by atoms with Crippen LogP contribution in [0, 0.1) is 13.8 Å². The summed E-state index contributed by atoms with van der Waals surface area (Å²) in [5.41, 5.74) is 5.02. The summed E-state index contributed by atoms with van der Waals surface area (Å²) in [6.07, 6.45) is 0. The van der Waals surface area contributed by atoms with Crippen LogP contribution in [0.15, 0.2) is 42.5 Å². The van der Waals surface area contributed by atoms with Gasteiger partial charge in [-0.1, -0.05) is 49.7 Å². The zero-order valence-electron chi connectivity index (χ0n) is 14.6. The quantitative estimate of drug-likeness (QED) is 0.843. The Bertz CT molecular complexity index is 751. The highest BCUT2D eigenvalue weighted by molar-refractivity contribution is 6.39. The van der Waals surface area contributed by atoms with Gasteiger partial charge in [0.1, 0.15) is 0 Å². The normalized spacial score (nSPS) is 10.5. The van der Waals surface area contributed by atoms with Crippen molar-refractivity contribution in [1.29, 1.82) is 0 Å². The fraction of sp³-hybridized carbons (Fsp3) is 0.300. The van der Waals surface area contributed by atoms with Gasteiger partial charge < -0.3 is 10.6 Å². The zero-order valence-corrected chi connectivity index (χ0v) is 14.6. The summed E-state index contributed by atoms with van der Waals surface area (Å²) >= 11 is 0. The highest BCUT2D eigenvalue weighted by Crippen LogP contribution is 2.18. The van der Waals surface area contributed by atoms with Gasteiger partial charge in [0.25, 0.3) is 0 Å².